The van der Waals surface area contributed by atoms with Crippen molar-refractivity contribution in [3.05, 3.63) is 52.7 Å². The molecule has 0 N–H and O–H groups in total. The quantitative estimate of drug-likeness (QED) is 0.683. The lowest BCUT2D eigenvalue weighted by Gasteiger charge is -2.32. The first kappa shape index (κ1) is 19.4. The molecule has 2 aromatic rings. The third-order valence-corrected chi connectivity index (χ3v) is 4.79. The Bertz CT molecular complexity index is 879. The fourth-order valence-electron chi connectivity index (χ4n) is 3.42. The number of aromatic nitrogens is 1. The Labute approximate surface area is 164 Å². The van der Waals surface area contributed by atoms with Gasteiger partial charge in [0.1, 0.15) is 5.92 Å². The molecule has 27 heavy (non-hydrogen) atoms. The van der Waals surface area contributed by atoms with Crippen molar-refractivity contribution in [1.29, 1.82) is 0 Å². The van der Waals surface area contributed by atoms with E-state index in [-0.39, 0.29) is 18.0 Å². The van der Waals surface area contributed by atoms with Gasteiger partial charge >= 0.3 is 5.97 Å². The summed E-state index contributed by atoms with van der Waals surface area (Å²) in [5.74, 6) is -0.824. The van der Waals surface area contributed by atoms with Crippen LogP contribution in [0.1, 0.15) is 44.7 Å². The predicted octanol–water partition coefficient (Wildman–Crippen LogP) is 4.94. The van der Waals surface area contributed by atoms with Crippen LogP contribution < -0.4 is 4.74 Å². The largest absolute Gasteiger partial charge is 0.475 e. The smallest absolute Gasteiger partial charge is 0.315 e. The maximum absolute atomic E-state index is 12.8. The molecular formula is C21H23ClN2O3. The first-order chi connectivity index (χ1) is 12.9. The second-order valence-corrected chi connectivity index (χ2v) is 7.10. The number of esters is 1. The Hall–Kier alpha value is -2.40. The van der Waals surface area contributed by atoms with Gasteiger partial charge in [-0.15, -0.1) is 0 Å². The molecule has 0 fully saturated rings. The molecule has 5 nitrogen and oxygen atoms in total. The zero-order valence-corrected chi connectivity index (χ0v) is 16.7. The number of nitrogens with zero attached hydrogens (tertiary/aromatic N) is 2. The number of aliphatic imine (C=N–C) groups is 1. The summed E-state index contributed by atoms with van der Waals surface area (Å²) in [6, 6.07) is 9.35. The summed E-state index contributed by atoms with van der Waals surface area (Å²) >= 11 is 6.52. The summed E-state index contributed by atoms with van der Waals surface area (Å²) in [4.78, 5) is 21.9. The number of rotatable bonds is 5. The van der Waals surface area contributed by atoms with Crippen LogP contribution in [-0.4, -0.2) is 29.4 Å². The fraction of sp³-hybridized carbons (Fsp3) is 0.381. The van der Waals surface area contributed by atoms with Gasteiger partial charge in [0.2, 0.25) is 5.88 Å². The summed E-state index contributed by atoms with van der Waals surface area (Å²) in [5.41, 5.74) is 3.02. The van der Waals surface area contributed by atoms with Gasteiger partial charge in [-0.3, -0.25) is 9.79 Å². The summed E-state index contributed by atoms with van der Waals surface area (Å²) in [7, 11) is 0. The van der Waals surface area contributed by atoms with Crippen LogP contribution in [0, 0.1) is 5.92 Å². The standard InChI is InChI=1S/C21H23ClN2O3/c1-5-26-21(25)17-13(4)24-16-10-11-23-20(27-12(2)3)19(16)18(17)14-8-6-7-9-15(14)22/h6-12,17-18H,5H2,1-4H3. The van der Waals surface area contributed by atoms with Crippen LogP contribution in [0.2, 0.25) is 5.02 Å². The topological polar surface area (TPSA) is 60.8 Å². The Morgan fingerprint density at radius 2 is 2.00 bits per heavy atom. The number of fused-ring (bicyclic) bond motifs is 1. The van der Waals surface area contributed by atoms with E-state index in [0.717, 1.165) is 16.8 Å². The van der Waals surface area contributed by atoms with Crippen LogP contribution in [0.25, 0.3) is 0 Å². The highest BCUT2D eigenvalue weighted by Crippen LogP contribution is 2.48. The highest BCUT2D eigenvalue weighted by molar-refractivity contribution is 6.31. The number of ether oxygens (including phenoxy) is 2. The van der Waals surface area contributed by atoms with Crippen molar-refractivity contribution < 1.29 is 14.3 Å². The molecule has 0 saturated heterocycles. The van der Waals surface area contributed by atoms with Crippen molar-refractivity contribution in [1.82, 2.24) is 4.98 Å². The molecule has 0 radical (unpaired) electrons. The Morgan fingerprint density at radius 3 is 2.67 bits per heavy atom. The van der Waals surface area contributed by atoms with E-state index in [2.05, 4.69) is 9.98 Å². The zero-order valence-electron chi connectivity index (χ0n) is 15.9. The fourth-order valence-corrected chi connectivity index (χ4v) is 3.67. The van der Waals surface area contributed by atoms with Gasteiger partial charge < -0.3 is 9.47 Å². The van der Waals surface area contributed by atoms with Crippen molar-refractivity contribution in [3.8, 4) is 5.88 Å². The van der Waals surface area contributed by atoms with E-state index < -0.39 is 5.92 Å². The molecule has 0 spiro atoms. The minimum atomic E-state index is -0.587. The number of halogens is 1. The third kappa shape index (κ3) is 3.83. The molecular weight excluding hydrogens is 364 g/mol. The molecule has 0 bridgehead atoms. The number of hydrogen-bond donors (Lipinski definition) is 0. The predicted molar refractivity (Wildman–Crippen MR) is 106 cm³/mol. The minimum Gasteiger partial charge on any atom is -0.475 e. The molecule has 1 aromatic carbocycles. The van der Waals surface area contributed by atoms with Gasteiger partial charge in [-0.05, 0) is 45.4 Å². The molecule has 0 aliphatic carbocycles. The summed E-state index contributed by atoms with van der Waals surface area (Å²) < 4.78 is 11.3. The number of pyridine rings is 1. The van der Waals surface area contributed by atoms with Crippen molar-refractivity contribution in [2.45, 2.75) is 39.7 Å². The second-order valence-electron chi connectivity index (χ2n) is 6.70. The molecule has 1 aromatic heterocycles. The summed E-state index contributed by atoms with van der Waals surface area (Å²) in [5, 5.41) is 0.580. The van der Waals surface area contributed by atoms with Crippen LogP contribution in [0.5, 0.6) is 5.88 Å². The Morgan fingerprint density at radius 1 is 1.26 bits per heavy atom. The van der Waals surface area contributed by atoms with Crippen LogP contribution in [0.15, 0.2) is 41.5 Å². The number of carbonyl (C=O) groups excluding carboxylic acids is 1. The minimum absolute atomic E-state index is 0.0658. The SMILES string of the molecule is CCOC(=O)C1C(C)=Nc2ccnc(OC(C)C)c2C1c1ccccc1Cl. The van der Waals surface area contributed by atoms with E-state index in [1.54, 1.807) is 13.1 Å². The highest BCUT2D eigenvalue weighted by Gasteiger charge is 2.41. The van der Waals surface area contributed by atoms with Gasteiger partial charge in [-0.1, -0.05) is 29.8 Å². The van der Waals surface area contributed by atoms with Gasteiger partial charge in [-0.2, -0.15) is 0 Å². The molecule has 2 heterocycles. The normalized spacial score (nSPS) is 18.7. The van der Waals surface area contributed by atoms with Gasteiger partial charge in [0.05, 0.1) is 18.4 Å². The zero-order chi connectivity index (χ0) is 19.6. The molecule has 2 unspecified atom stereocenters. The molecule has 1 aliphatic heterocycles. The first-order valence-electron chi connectivity index (χ1n) is 9.05. The second kappa shape index (κ2) is 8.09. The molecule has 2 atom stereocenters. The van der Waals surface area contributed by atoms with Crippen molar-refractivity contribution in [2.24, 2.45) is 10.9 Å². The van der Waals surface area contributed by atoms with Crippen LogP contribution in [-0.2, 0) is 9.53 Å². The van der Waals surface area contributed by atoms with Gasteiger partial charge in [0.15, 0.2) is 0 Å². The molecule has 0 saturated carbocycles. The average molecular weight is 387 g/mol. The van der Waals surface area contributed by atoms with E-state index in [4.69, 9.17) is 21.1 Å². The van der Waals surface area contributed by atoms with Crippen molar-refractivity contribution in [2.75, 3.05) is 6.61 Å². The third-order valence-electron chi connectivity index (χ3n) is 4.45. The highest BCUT2D eigenvalue weighted by atomic mass is 35.5. The van der Waals surface area contributed by atoms with E-state index in [1.807, 2.05) is 51.1 Å². The number of hydrogen-bond acceptors (Lipinski definition) is 5. The summed E-state index contributed by atoms with van der Waals surface area (Å²) in [6.07, 6.45) is 1.60. The Balaban J connectivity index is 2.25. The Kier molecular flexibility index (Phi) is 5.80. The van der Waals surface area contributed by atoms with Crippen molar-refractivity contribution >= 4 is 29.0 Å². The lowest BCUT2D eigenvalue weighted by Crippen LogP contribution is -2.34. The van der Waals surface area contributed by atoms with Crippen LogP contribution in [0.4, 0.5) is 5.69 Å². The van der Waals surface area contributed by atoms with E-state index >= 15 is 0 Å². The van der Waals surface area contributed by atoms with Gasteiger partial charge in [0, 0.05) is 28.4 Å². The summed E-state index contributed by atoms with van der Waals surface area (Å²) in [6.45, 7) is 7.81. The van der Waals surface area contributed by atoms with E-state index in [1.165, 1.54) is 0 Å². The van der Waals surface area contributed by atoms with Gasteiger partial charge in [0.25, 0.3) is 0 Å². The van der Waals surface area contributed by atoms with Crippen LogP contribution >= 0.6 is 11.6 Å². The molecule has 0 amide bonds. The maximum atomic E-state index is 12.8. The maximum Gasteiger partial charge on any atom is 0.315 e. The van der Waals surface area contributed by atoms with Crippen LogP contribution in [0.3, 0.4) is 0 Å². The van der Waals surface area contributed by atoms with Crippen molar-refractivity contribution in [3.63, 3.8) is 0 Å². The molecule has 142 valence electrons. The van der Waals surface area contributed by atoms with E-state index in [0.29, 0.717) is 23.2 Å². The first-order valence-corrected chi connectivity index (χ1v) is 9.43. The lowest BCUT2D eigenvalue weighted by atomic mass is 9.76. The number of carbonyl (C=O) groups is 1. The van der Waals surface area contributed by atoms with Gasteiger partial charge in [-0.25, -0.2) is 4.98 Å². The number of benzene rings is 1. The monoisotopic (exact) mass is 386 g/mol. The van der Waals surface area contributed by atoms with E-state index in [9.17, 15) is 4.79 Å². The molecule has 3 rings (SSSR count). The average Bonchev–Trinajstić information content (AvgIpc) is 2.61. The molecule has 1 aliphatic rings. The lowest BCUT2D eigenvalue weighted by molar-refractivity contribution is -0.146. The molecule has 6 heteroatoms.